The second-order valence-corrected chi connectivity index (χ2v) is 7.28. The first-order valence-electron chi connectivity index (χ1n) is 7.80. The molecule has 0 aliphatic carbocycles. The monoisotopic (exact) mass is 311 g/mol. The van der Waals surface area contributed by atoms with Gasteiger partial charge in [-0.05, 0) is 25.0 Å². The fourth-order valence-electron chi connectivity index (χ4n) is 2.72. The number of aromatic nitrogens is 1. The summed E-state index contributed by atoms with van der Waals surface area (Å²) in [5.41, 5.74) is 0. The molecule has 1 saturated heterocycles. The average Bonchev–Trinajstić information content (AvgIpc) is 2.77. The quantitative estimate of drug-likeness (QED) is 0.838. The number of pyridine rings is 1. The van der Waals surface area contributed by atoms with Gasteiger partial charge in [0, 0.05) is 32.4 Å². The van der Waals surface area contributed by atoms with E-state index in [1.54, 1.807) is 6.07 Å². The first kappa shape index (κ1) is 16.2. The van der Waals surface area contributed by atoms with Crippen LogP contribution in [-0.4, -0.2) is 43.9 Å². The molecule has 1 aromatic heterocycles. The summed E-state index contributed by atoms with van der Waals surface area (Å²) in [4.78, 5) is 6.91. The van der Waals surface area contributed by atoms with Gasteiger partial charge in [0.25, 0.3) is 0 Å². The highest BCUT2D eigenvalue weighted by atomic mass is 32.2. The second-order valence-electron chi connectivity index (χ2n) is 5.34. The fourth-order valence-corrected chi connectivity index (χ4v) is 4.13. The Kier molecular flexibility index (Phi) is 5.58. The Morgan fingerprint density at radius 2 is 1.71 bits per heavy atom. The molecule has 0 aromatic carbocycles. The second kappa shape index (κ2) is 7.22. The first-order valence-corrected chi connectivity index (χ1v) is 9.24. The van der Waals surface area contributed by atoms with Crippen LogP contribution in [0.4, 0.5) is 5.82 Å². The summed E-state index contributed by atoms with van der Waals surface area (Å²) in [5, 5.41) is 0. The standard InChI is InChI=1S/C15H25N3O2S/c1-3-18(4-2)21(19,20)14-9-10-15(16-13-14)17-11-7-5-6-8-12-17/h9-10,13H,3-8,11-12H2,1-2H3. The molecule has 0 unspecified atom stereocenters. The largest absolute Gasteiger partial charge is 0.357 e. The van der Waals surface area contributed by atoms with Crippen LogP contribution in [0.3, 0.4) is 0 Å². The number of rotatable bonds is 5. The maximum absolute atomic E-state index is 12.4. The smallest absolute Gasteiger partial charge is 0.244 e. The summed E-state index contributed by atoms with van der Waals surface area (Å²) < 4.78 is 26.3. The van der Waals surface area contributed by atoms with Gasteiger partial charge in [0.2, 0.25) is 10.0 Å². The molecule has 1 aliphatic rings. The maximum atomic E-state index is 12.4. The molecule has 0 radical (unpaired) electrons. The van der Waals surface area contributed by atoms with E-state index in [0.717, 1.165) is 18.9 Å². The van der Waals surface area contributed by atoms with Crippen molar-refractivity contribution < 1.29 is 8.42 Å². The van der Waals surface area contributed by atoms with E-state index >= 15 is 0 Å². The summed E-state index contributed by atoms with van der Waals surface area (Å²) in [5.74, 6) is 0.885. The van der Waals surface area contributed by atoms with Crippen LogP contribution in [0.1, 0.15) is 39.5 Å². The third-order valence-electron chi connectivity index (χ3n) is 3.99. The van der Waals surface area contributed by atoms with E-state index < -0.39 is 10.0 Å². The van der Waals surface area contributed by atoms with Crippen LogP contribution in [0, 0.1) is 0 Å². The van der Waals surface area contributed by atoms with Crippen molar-refractivity contribution in [2.75, 3.05) is 31.1 Å². The number of sulfonamides is 1. The molecule has 1 aromatic rings. The highest BCUT2D eigenvalue weighted by Gasteiger charge is 2.22. The SMILES string of the molecule is CCN(CC)S(=O)(=O)c1ccc(N2CCCCCC2)nc1. The van der Waals surface area contributed by atoms with Crippen LogP contribution in [-0.2, 0) is 10.0 Å². The van der Waals surface area contributed by atoms with Gasteiger partial charge in [-0.25, -0.2) is 13.4 Å². The van der Waals surface area contributed by atoms with Crippen LogP contribution in [0.5, 0.6) is 0 Å². The number of hydrogen-bond acceptors (Lipinski definition) is 4. The van der Waals surface area contributed by atoms with E-state index in [4.69, 9.17) is 0 Å². The van der Waals surface area contributed by atoms with Gasteiger partial charge < -0.3 is 4.90 Å². The van der Waals surface area contributed by atoms with Crippen molar-refractivity contribution in [3.8, 4) is 0 Å². The van der Waals surface area contributed by atoms with Crippen molar-refractivity contribution in [3.05, 3.63) is 18.3 Å². The van der Waals surface area contributed by atoms with Crippen molar-refractivity contribution in [2.45, 2.75) is 44.4 Å². The predicted molar refractivity (Wildman–Crippen MR) is 85.0 cm³/mol. The summed E-state index contributed by atoms with van der Waals surface area (Å²) in [6.45, 7) is 6.67. The third kappa shape index (κ3) is 3.74. The average molecular weight is 311 g/mol. The molecule has 2 rings (SSSR count). The molecule has 21 heavy (non-hydrogen) atoms. The number of nitrogens with zero attached hydrogens (tertiary/aromatic N) is 3. The number of anilines is 1. The maximum Gasteiger partial charge on any atom is 0.244 e. The molecular formula is C15H25N3O2S. The zero-order valence-corrected chi connectivity index (χ0v) is 13.8. The van der Waals surface area contributed by atoms with Crippen molar-refractivity contribution in [3.63, 3.8) is 0 Å². The Morgan fingerprint density at radius 3 is 2.19 bits per heavy atom. The van der Waals surface area contributed by atoms with Gasteiger partial charge in [0.15, 0.2) is 0 Å². The van der Waals surface area contributed by atoms with Crippen molar-refractivity contribution in [1.29, 1.82) is 0 Å². The highest BCUT2D eigenvalue weighted by Crippen LogP contribution is 2.20. The van der Waals surface area contributed by atoms with Gasteiger partial charge in [-0.1, -0.05) is 26.7 Å². The van der Waals surface area contributed by atoms with Crippen molar-refractivity contribution >= 4 is 15.8 Å². The lowest BCUT2D eigenvalue weighted by molar-refractivity contribution is 0.445. The topological polar surface area (TPSA) is 53.5 Å². The van der Waals surface area contributed by atoms with Crippen LogP contribution >= 0.6 is 0 Å². The van der Waals surface area contributed by atoms with Crippen molar-refractivity contribution in [2.24, 2.45) is 0 Å². The molecule has 0 saturated carbocycles. The molecule has 0 amide bonds. The van der Waals surface area contributed by atoms with Gasteiger partial charge in [0.1, 0.15) is 10.7 Å². The molecular weight excluding hydrogens is 286 g/mol. The van der Waals surface area contributed by atoms with Crippen molar-refractivity contribution in [1.82, 2.24) is 9.29 Å². The minimum atomic E-state index is -3.40. The fraction of sp³-hybridized carbons (Fsp3) is 0.667. The predicted octanol–water partition coefficient (Wildman–Crippen LogP) is 2.49. The van der Waals surface area contributed by atoms with E-state index in [0.29, 0.717) is 13.1 Å². The van der Waals surface area contributed by atoms with E-state index in [2.05, 4.69) is 9.88 Å². The third-order valence-corrected chi connectivity index (χ3v) is 6.03. The van der Waals surface area contributed by atoms with E-state index in [1.165, 1.54) is 36.2 Å². The lowest BCUT2D eigenvalue weighted by Gasteiger charge is -2.22. The normalized spacial score (nSPS) is 17.0. The van der Waals surface area contributed by atoms with Crippen LogP contribution < -0.4 is 4.90 Å². The molecule has 6 heteroatoms. The lowest BCUT2D eigenvalue weighted by atomic mass is 10.2. The minimum absolute atomic E-state index is 0.282. The Bertz CT molecular complexity index is 531. The Hall–Kier alpha value is -1.14. The molecule has 5 nitrogen and oxygen atoms in total. The summed E-state index contributed by atoms with van der Waals surface area (Å²) in [6, 6.07) is 3.52. The molecule has 1 aliphatic heterocycles. The van der Waals surface area contributed by atoms with Crippen LogP contribution in [0.15, 0.2) is 23.2 Å². The molecule has 0 N–H and O–H groups in total. The van der Waals surface area contributed by atoms with Crippen LogP contribution in [0.2, 0.25) is 0 Å². The number of hydrogen-bond donors (Lipinski definition) is 0. The van der Waals surface area contributed by atoms with E-state index in [1.807, 2.05) is 19.9 Å². The summed E-state index contributed by atoms with van der Waals surface area (Å²) in [6.07, 6.45) is 6.39. The lowest BCUT2D eigenvalue weighted by Crippen LogP contribution is -2.31. The molecule has 2 heterocycles. The zero-order chi connectivity index (χ0) is 15.3. The van der Waals surface area contributed by atoms with Gasteiger partial charge in [0.05, 0.1) is 0 Å². The molecule has 0 atom stereocenters. The van der Waals surface area contributed by atoms with Gasteiger partial charge in [-0.15, -0.1) is 0 Å². The molecule has 118 valence electrons. The Balaban J connectivity index is 2.18. The van der Waals surface area contributed by atoms with E-state index in [-0.39, 0.29) is 4.90 Å². The molecule has 0 spiro atoms. The van der Waals surface area contributed by atoms with E-state index in [9.17, 15) is 8.42 Å². The summed E-state index contributed by atoms with van der Waals surface area (Å²) in [7, 11) is -3.40. The Labute approximate surface area is 128 Å². The van der Waals surface area contributed by atoms with Gasteiger partial charge >= 0.3 is 0 Å². The first-order chi connectivity index (χ1) is 10.1. The Morgan fingerprint density at radius 1 is 1.10 bits per heavy atom. The van der Waals surface area contributed by atoms with Gasteiger partial charge in [-0.2, -0.15) is 4.31 Å². The summed E-state index contributed by atoms with van der Waals surface area (Å²) >= 11 is 0. The molecule has 1 fully saturated rings. The minimum Gasteiger partial charge on any atom is -0.357 e. The molecule has 0 bridgehead atoms. The van der Waals surface area contributed by atoms with Gasteiger partial charge in [-0.3, -0.25) is 0 Å². The highest BCUT2D eigenvalue weighted by molar-refractivity contribution is 7.89. The van der Waals surface area contributed by atoms with Crippen LogP contribution in [0.25, 0.3) is 0 Å². The zero-order valence-electron chi connectivity index (χ0n) is 13.0.